The van der Waals surface area contributed by atoms with Gasteiger partial charge in [0, 0.05) is 13.5 Å². The third-order valence-electron chi connectivity index (χ3n) is 3.88. The summed E-state index contributed by atoms with van der Waals surface area (Å²) in [6.07, 6.45) is 4.22. The van der Waals surface area contributed by atoms with E-state index < -0.39 is 8.07 Å². The van der Waals surface area contributed by atoms with E-state index in [0.29, 0.717) is 5.38 Å². The summed E-state index contributed by atoms with van der Waals surface area (Å²) >= 11 is 6.24. The maximum atomic E-state index is 6.24. The van der Waals surface area contributed by atoms with Crippen molar-refractivity contribution in [1.82, 2.24) is 0 Å². The van der Waals surface area contributed by atoms with Gasteiger partial charge in [0.2, 0.25) is 0 Å². The fourth-order valence-corrected chi connectivity index (χ4v) is 6.40. The Kier molecular flexibility index (Phi) is 2.08. The van der Waals surface area contributed by atoms with Gasteiger partial charge in [-0.1, -0.05) is 19.6 Å². The van der Waals surface area contributed by atoms with Gasteiger partial charge in [-0.25, -0.2) is 0 Å². The molecule has 2 rings (SSSR count). The first-order chi connectivity index (χ1) is 5.48. The van der Waals surface area contributed by atoms with Crippen LogP contribution in [0.3, 0.4) is 0 Å². The third kappa shape index (κ3) is 1.35. The molecule has 0 heterocycles. The molecule has 2 fully saturated rings. The zero-order valence-corrected chi connectivity index (χ0v) is 10.1. The summed E-state index contributed by atoms with van der Waals surface area (Å²) in [7, 11) is -0.866. The lowest BCUT2D eigenvalue weighted by molar-refractivity contribution is 0.476. The Labute approximate surface area is 81.7 Å². The molecule has 0 nitrogen and oxygen atoms in total. The normalized spacial score (nSPS) is 47.0. The molecule has 0 radical (unpaired) electrons. The van der Waals surface area contributed by atoms with Gasteiger partial charge in [0.05, 0.1) is 0 Å². The molecule has 70 valence electrons. The monoisotopic (exact) mass is 202 g/mol. The Morgan fingerprint density at radius 1 is 1.00 bits per heavy atom. The summed E-state index contributed by atoms with van der Waals surface area (Å²) in [6, 6.07) is 0. The molecule has 0 aromatic rings. The number of hydrogen-bond donors (Lipinski definition) is 0. The topological polar surface area (TPSA) is 0 Å². The molecular formula is C10H19ClSi. The van der Waals surface area contributed by atoms with Crippen LogP contribution >= 0.6 is 11.6 Å². The summed E-state index contributed by atoms with van der Waals surface area (Å²) in [5, 5.41) is 0.530. The molecule has 2 aliphatic carbocycles. The molecule has 0 amide bonds. The fraction of sp³-hybridized carbons (Fsp3) is 1.00. The predicted molar refractivity (Wildman–Crippen MR) is 57.6 cm³/mol. The van der Waals surface area contributed by atoms with Crippen LogP contribution in [0.4, 0.5) is 0 Å². The van der Waals surface area contributed by atoms with Crippen molar-refractivity contribution in [2.45, 2.75) is 49.8 Å². The van der Waals surface area contributed by atoms with Gasteiger partial charge in [-0.2, -0.15) is 0 Å². The van der Waals surface area contributed by atoms with Gasteiger partial charge in [0.25, 0.3) is 0 Å². The number of rotatable bonds is 1. The Morgan fingerprint density at radius 2 is 1.67 bits per heavy atom. The van der Waals surface area contributed by atoms with E-state index in [1.165, 1.54) is 19.3 Å². The van der Waals surface area contributed by atoms with E-state index >= 15 is 0 Å². The second-order valence-electron chi connectivity index (χ2n) is 5.72. The number of fused-ring (bicyclic) bond motifs is 2. The first kappa shape index (κ1) is 9.08. The van der Waals surface area contributed by atoms with E-state index in [2.05, 4.69) is 19.6 Å². The summed E-state index contributed by atoms with van der Waals surface area (Å²) in [4.78, 5) is 0. The molecule has 0 N–H and O–H groups in total. The van der Waals surface area contributed by atoms with Gasteiger partial charge in [-0.05, 0) is 36.6 Å². The molecule has 12 heavy (non-hydrogen) atoms. The van der Waals surface area contributed by atoms with Crippen LogP contribution in [0.5, 0.6) is 0 Å². The Bertz CT molecular complexity index is 183. The van der Waals surface area contributed by atoms with Crippen molar-refractivity contribution >= 4 is 19.7 Å². The van der Waals surface area contributed by atoms with E-state index in [-0.39, 0.29) is 0 Å². The van der Waals surface area contributed by atoms with E-state index in [9.17, 15) is 0 Å². The Balaban J connectivity index is 2.08. The summed E-state index contributed by atoms with van der Waals surface area (Å²) in [5.41, 5.74) is 1.08. The molecule has 2 aliphatic rings. The van der Waals surface area contributed by atoms with Gasteiger partial charge in [-0.3, -0.25) is 0 Å². The minimum absolute atomic E-state index is 0.530. The molecule has 0 aromatic heterocycles. The molecule has 0 saturated heterocycles. The smallest absolute Gasteiger partial charge is 0.0476 e. The number of halogens is 1. The molecule has 2 saturated carbocycles. The summed E-state index contributed by atoms with van der Waals surface area (Å²) in [5.74, 6) is 1.89. The quantitative estimate of drug-likeness (QED) is 0.449. The van der Waals surface area contributed by atoms with Crippen molar-refractivity contribution in [1.29, 1.82) is 0 Å². The van der Waals surface area contributed by atoms with Crippen molar-refractivity contribution in [2.75, 3.05) is 0 Å². The van der Waals surface area contributed by atoms with Gasteiger partial charge >= 0.3 is 0 Å². The molecule has 2 bridgehead atoms. The van der Waals surface area contributed by atoms with Gasteiger partial charge < -0.3 is 0 Å². The van der Waals surface area contributed by atoms with E-state index in [1.807, 2.05) is 0 Å². The highest BCUT2D eigenvalue weighted by molar-refractivity contribution is 6.77. The molecule has 4 atom stereocenters. The standard InChI is InChI=1S/C10H19ClSi/c1-12(2,3)10-6-7-4-8(10)5-9(7)11/h7-10H,4-6H2,1-3H3. The van der Waals surface area contributed by atoms with Crippen LogP contribution in [-0.4, -0.2) is 13.5 Å². The Morgan fingerprint density at radius 3 is 2.00 bits per heavy atom. The van der Waals surface area contributed by atoms with Crippen molar-refractivity contribution in [3.63, 3.8) is 0 Å². The summed E-state index contributed by atoms with van der Waals surface area (Å²) in [6.45, 7) is 7.55. The Hall–Kier alpha value is 0.507. The zero-order chi connectivity index (χ0) is 8.93. The van der Waals surface area contributed by atoms with Crippen LogP contribution in [0.1, 0.15) is 19.3 Å². The van der Waals surface area contributed by atoms with Crippen molar-refractivity contribution in [2.24, 2.45) is 11.8 Å². The molecule has 0 spiro atoms. The molecule has 4 unspecified atom stereocenters. The minimum Gasteiger partial charge on any atom is -0.123 e. The molecule has 0 aromatic carbocycles. The van der Waals surface area contributed by atoms with Crippen LogP contribution in [0.15, 0.2) is 0 Å². The lowest BCUT2D eigenvalue weighted by atomic mass is 10.00. The predicted octanol–water partition coefficient (Wildman–Crippen LogP) is 3.73. The fourth-order valence-electron chi connectivity index (χ4n) is 3.27. The lowest BCUT2D eigenvalue weighted by Gasteiger charge is -2.33. The maximum Gasteiger partial charge on any atom is 0.0476 e. The van der Waals surface area contributed by atoms with Crippen LogP contribution in [-0.2, 0) is 0 Å². The molecular weight excluding hydrogens is 184 g/mol. The highest BCUT2D eigenvalue weighted by atomic mass is 35.5. The average molecular weight is 203 g/mol. The van der Waals surface area contributed by atoms with Crippen molar-refractivity contribution < 1.29 is 0 Å². The second-order valence-corrected chi connectivity index (χ2v) is 11.7. The highest BCUT2D eigenvalue weighted by Gasteiger charge is 2.49. The first-order valence-corrected chi connectivity index (χ1v) is 9.14. The van der Waals surface area contributed by atoms with Crippen LogP contribution < -0.4 is 0 Å². The molecule has 2 heteroatoms. The minimum atomic E-state index is -0.866. The zero-order valence-electron chi connectivity index (χ0n) is 8.31. The lowest BCUT2D eigenvalue weighted by Crippen LogP contribution is -2.33. The second kappa shape index (κ2) is 2.75. The van der Waals surface area contributed by atoms with Crippen LogP contribution in [0, 0.1) is 11.8 Å². The largest absolute Gasteiger partial charge is 0.123 e. The average Bonchev–Trinajstić information content (AvgIpc) is 2.41. The summed E-state index contributed by atoms with van der Waals surface area (Å²) < 4.78 is 0. The third-order valence-corrected chi connectivity index (χ3v) is 7.35. The molecule has 0 aliphatic heterocycles. The first-order valence-electron chi connectivity index (χ1n) is 5.12. The van der Waals surface area contributed by atoms with Crippen LogP contribution in [0.2, 0.25) is 25.2 Å². The van der Waals surface area contributed by atoms with Gasteiger partial charge in [-0.15, -0.1) is 11.6 Å². The van der Waals surface area contributed by atoms with E-state index in [0.717, 1.165) is 17.4 Å². The highest BCUT2D eigenvalue weighted by Crippen LogP contribution is 2.56. The van der Waals surface area contributed by atoms with Crippen LogP contribution in [0.25, 0.3) is 0 Å². The van der Waals surface area contributed by atoms with E-state index in [4.69, 9.17) is 11.6 Å². The maximum absolute atomic E-state index is 6.24. The SMILES string of the molecule is C[Si](C)(C)C1CC2CC1CC2Cl. The van der Waals surface area contributed by atoms with Crippen molar-refractivity contribution in [3.05, 3.63) is 0 Å². The van der Waals surface area contributed by atoms with E-state index in [1.54, 1.807) is 0 Å². The number of alkyl halides is 1. The number of hydrogen-bond acceptors (Lipinski definition) is 0. The van der Waals surface area contributed by atoms with Crippen molar-refractivity contribution in [3.8, 4) is 0 Å². The van der Waals surface area contributed by atoms with Gasteiger partial charge in [0.1, 0.15) is 0 Å². The van der Waals surface area contributed by atoms with Gasteiger partial charge in [0.15, 0.2) is 0 Å².